The first-order chi connectivity index (χ1) is 12.4. The number of ether oxygens (including phenoxy) is 2. The molecule has 2 aromatic rings. The molecule has 2 aliphatic rings. The summed E-state index contributed by atoms with van der Waals surface area (Å²) < 4.78 is 12.7. The SMILES string of the molecule is COc1cccc([C@H]2C3=C(CC(C)(C)CC3=O)Nc3nnnn32)c1OC. The van der Waals surface area contributed by atoms with Crippen molar-refractivity contribution in [3.05, 3.63) is 35.0 Å². The minimum atomic E-state index is -0.454. The molecular formula is C18H21N5O3. The van der Waals surface area contributed by atoms with Gasteiger partial charge in [0.05, 0.1) is 14.2 Å². The van der Waals surface area contributed by atoms with Gasteiger partial charge < -0.3 is 14.8 Å². The van der Waals surface area contributed by atoms with Gasteiger partial charge in [0, 0.05) is 23.3 Å². The predicted molar refractivity (Wildman–Crippen MR) is 94.2 cm³/mol. The molecule has 0 bridgehead atoms. The number of anilines is 1. The third-order valence-corrected chi connectivity index (χ3v) is 4.92. The Morgan fingerprint density at radius 3 is 2.77 bits per heavy atom. The normalized spacial score (nSPS) is 20.9. The molecule has 0 unspecified atom stereocenters. The number of allylic oxidation sites excluding steroid dienone is 2. The van der Waals surface area contributed by atoms with Crippen LogP contribution in [0.2, 0.25) is 0 Å². The van der Waals surface area contributed by atoms with Gasteiger partial charge in [-0.3, -0.25) is 4.79 Å². The van der Waals surface area contributed by atoms with Gasteiger partial charge in [0.25, 0.3) is 0 Å². The Labute approximate surface area is 151 Å². The Morgan fingerprint density at radius 2 is 2.04 bits per heavy atom. The van der Waals surface area contributed by atoms with E-state index in [4.69, 9.17) is 9.47 Å². The number of carbonyl (C=O) groups is 1. The number of tetrazole rings is 1. The molecule has 1 N–H and O–H groups in total. The second-order valence-electron chi connectivity index (χ2n) is 7.39. The van der Waals surface area contributed by atoms with Crippen LogP contribution < -0.4 is 14.8 Å². The van der Waals surface area contributed by atoms with Gasteiger partial charge in [-0.1, -0.05) is 31.1 Å². The fraction of sp³-hybridized carbons (Fsp3) is 0.444. The lowest BCUT2D eigenvalue weighted by atomic mass is 9.73. The first kappa shape index (κ1) is 16.6. The van der Waals surface area contributed by atoms with Crippen molar-refractivity contribution in [3.8, 4) is 11.5 Å². The monoisotopic (exact) mass is 355 g/mol. The number of rotatable bonds is 3. The summed E-state index contributed by atoms with van der Waals surface area (Å²) in [5.41, 5.74) is 2.25. The fourth-order valence-corrected chi connectivity index (χ4v) is 3.89. The van der Waals surface area contributed by atoms with Crippen LogP contribution in [0, 0.1) is 5.41 Å². The number of aromatic nitrogens is 4. The summed E-state index contributed by atoms with van der Waals surface area (Å²) in [6.07, 6.45) is 1.23. The molecule has 0 saturated carbocycles. The lowest BCUT2D eigenvalue weighted by Crippen LogP contribution is -2.36. The van der Waals surface area contributed by atoms with Gasteiger partial charge in [0.15, 0.2) is 17.3 Å². The number of benzene rings is 1. The first-order valence-corrected chi connectivity index (χ1v) is 8.47. The van der Waals surface area contributed by atoms with Gasteiger partial charge >= 0.3 is 0 Å². The topological polar surface area (TPSA) is 91.2 Å². The molecule has 0 amide bonds. The molecule has 1 atom stereocenters. The molecule has 0 fully saturated rings. The fourth-order valence-electron chi connectivity index (χ4n) is 3.89. The van der Waals surface area contributed by atoms with Crippen molar-refractivity contribution in [2.45, 2.75) is 32.7 Å². The molecule has 8 nitrogen and oxygen atoms in total. The average molecular weight is 355 g/mol. The van der Waals surface area contributed by atoms with Crippen LogP contribution in [0.25, 0.3) is 0 Å². The third kappa shape index (κ3) is 2.44. The lowest BCUT2D eigenvalue weighted by Gasteiger charge is -2.38. The maximum Gasteiger partial charge on any atom is 0.248 e. The quantitative estimate of drug-likeness (QED) is 0.903. The molecule has 1 aromatic heterocycles. The van der Waals surface area contributed by atoms with Gasteiger partial charge in [-0.25, -0.2) is 0 Å². The largest absolute Gasteiger partial charge is 0.493 e. The minimum absolute atomic E-state index is 0.0970. The number of carbonyl (C=O) groups excluding carboxylic acids is 1. The second kappa shape index (κ2) is 5.82. The number of fused-ring (bicyclic) bond motifs is 1. The highest BCUT2D eigenvalue weighted by atomic mass is 16.5. The van der Waals surface area contributed by atoms with Crippen molar-refractivity contribution in [3.63, 3.8) is 0 Å². The number of hydrogen-bond donors (Lipinski definition) is 1. The zero-order chi connectivity index (χ0) is 18.5. The molecule has 1 aromatic carbocycles. The number of nitrogens with zero attached hydrogens (tertiary/aromatic N) is 4. The Hall–Kier alpha value is -2.90. The van der Waals surface area contributed by atoms with E-state index < -0.39 is 6.04 Å². The van der Waals surface area contributed by atoms with Crippen LogP contribution in [0.1, 0.15) is 38.3 Å². The number of nitrogens with one attached hydrogen (secondary N) is 1. The number of Topliss-reactive ketones (excluding diaryl/α,β-unsaturated/α-hetero) is 1. The third-order valence-electron chi connectivity index (χ3n) is 4.92. The van der Waals surface area contributed by atoms with E-state index in [0.29, 0.717) is 29.4 Å². The number of ketones is 1. The van der Waals surface area contributed by atoms with Crippen molar-refractivity contribution in [2.75, 3.05) is 19.5 Å². The van der Waals surface area contributed by atoms with Crippen LogP contribution >= 0.6 is 0 Å². The summed E-state index contributed by atoms with van der Waals surface area (Å²) in [5.74, 6) is 1.79. The van der Waals surface area contributed by atoms with Crippen LogP contribution in [0.5, 0.6) is 11.5 Å². The molecule has 8 heteroatoms. The van der Waals surface area contributed by atoms with Gasteiger partial charge in [-0.05, 0) is 28.3 Å². The van der Waals surface area contributed by atoms with Crippen molar-refractivity contribution < 1.29 is 14.3 Å². The maximum atomic E-state index is 13.1. The highest BCUT2D eigenvalue weighted by Gasteiger charge is 2.42. The van der Waals surface area contributed by atoms with Gasteiger partial charge in [-0.15, -0.1) is 0 Å². The molecule has 0 saturated heterocycles. The summed E-state index contributed by atoms with van der Waals surface area (Å²) >= 11 is 0. The predicted octanol–water partition coefficient (Wildman–Crippen LogP) is 2.35. The Balaban J connectivity index is 1.95. The van der Waals surface area contributed by atoms with Crippen molar-refractivity contribution in [2.24, 2.45) is 5.41 Å². The van der Waals surface area contributed by atoms with E-state index in [1.165, 1.54) is 0 Å². The number of hydrogen-bond acceptors (Lipinski definition) is 7. The molecule has 4 rings (SSSR count). The van der Waals surface area contributed by atoms with E-state index in [9.17, 15) is 4.79 Å². The molecule has 0 spiro atoms. The summed E-state index contributed by atoms with van der Waals surface area (Å²) in [7, 11) is 3.18. The maximum absolute atomic E-state index is 13.1. The Morgan fingerprint density at radius 1 is 1.23 bits per heavy atom. The number of methoxy groups -OCH3 is 2. The highest BCUT2D eigenvalue weighted by Crippen LogP contribution is 2.47. The molecule has 2 heterocycles. The van der Waals surface area contributed by atoms with E-state index in [-0.39, 0.29) is 11.2 Å². The molecule has 1 aliphatic carbocycles. The van der Waals surface area contributed by atoms with E-state index in [2.05, 4.69) is 34.7 Å². The van der Waals surface area contributed by atoms with Crippen LogP contribution in [0.4, 0.5) is 5.95 Å². The molecule has 0 radical (unpaired) electrons. The zero-order valence-corrected chi connectivity index (χ0v) is 15.2. The highest BCUT2D eigenvalue weighted by molar-refractivity contribution is 6.00. The molecule has 26 heavy (non-hydrogen) atoms. The van der Waals surface area contributed by atoms with Gasteiger partial charge in [-0.2, -0.15) is 4.68 Å². The molecule has 136 valence electrons. The van der Waals surface area contributed by atoms with E-state index in [0.717, 1.165) is 17.7 Å². The minimum Gasteiger partial charge on any atom is -0.493 e. The van der Waals surface area contributed by atoms with E-state index in [1.807, 2.05) is 18.2 Å². The Kier molecular flexibility index (Phi) is 3.71. The zero-order valence-electron chi connectivity index (χ0n) is 15.2. The van der Waals surface area contributed by atoms with Crippen LogP contribution in [-0.2, 0) is 4.79 Å². The second-order valence-corrected chi connectivity index (χ2v) is 7.39. The van der Waals surface area contributed by atoms with Crippen molar-refractivity contribution >= 4 is 11.7 Å². The van der Waals surface area contributed by atoms with Crippen LogP contribution in [0.15, 0.2) is 29.5 Å². The summed E-state index contributed by atoms with van der Waals surface area (Å²) in [6, 6.07) is 5.16. The summed E-state index contributed by atoms with van der Waals surface area (Å²) in [4.78, 5) is 13.1. The summed E-state index contributed by atoms with van der Waals surface area (Å²) in [5, 5.41) is 15.2. The van der Waals surface area contributed by atoms with Crippen LogP contribution in [0.3, 0.4) is 0 Å². The smallest absolute Gasteiger partial charge is 0.248 e. The van der Waals surface area contributed by atoms with Crippen molar-refractivity contribution in [1.82, 2.24) is 20.2 Å². The van der Waals surface area contributed by atoms with E-state index in [1.54, 1.807) is 18.9 Å². The van der Waals surface area contributed by atoms with Gasteiger partial charge in [0.1, 0.15) is 6.04 Å². The standard InChI is InChI=1S/C18H21N5O3/c1-18(2)8-11-14(12(24)9-18)15(23-17(19-11)20-21-22-23)10-6-5-7-13(25-3)16(10)26-4/h5-7,15H,8-9H2,1-4H3,(H,19,20,22)/t15-/m0/s1. The molecular weight excluding hydrogens is 334 g/mol. The molecule has 1 aliphatic heterocycles. The van der Waals surface area contributed by atoms with Crippen molar-refractivity contribution in [1.29, 1.82) is 0 Å². The van der Waals surface area contributed by atoms with E-state index >= 15 is 0 Å². The van der Waals surface area contributed by atoms with Gasteiger partial charge in [0.2, 0.25) is 5.95 Å². The summed E-state index contributed by atoms with van der Waals surface area (Å²) in [6.45, 7) is 4.18. The first-order valence-electron chi connectivity index (χ1n) is 8.47. The number of para-hydroxylation sites is 1. The average Bonchev–Trinajstić information content (AvgIpc) is 3.06. The Bertz CT molecular complexity index is 915. The lowest BCUT2D eigenvalue weighted by molar-refractivity contribution is -0.118. The van der Waals surface area contributed by atoms with Crippen LogP contribution in [-0.4, -0.2) is 40.2 Å².